The molecule has 1 aromatic heterocycles. The number of benzene rings is 2. The summed E-state index contributed by atoms with van der Waals surface area (Å²) in [6.45, 7) is 1.79. The van der Waals surface area contributed by atoms with Crippen molar-refractivity contribution in [2.75, 3.05) is 6.61 Å². The third-order valence-electron chi connectivity index (χ3n) is 4.23. The summed E-state index contributed by atoms with van der Waals surface area (Å²) in [5, 5.41) is 1.18. The van der Waals surface area contributed by atoms with Crippen LogP contribution in [0.25, 0.3) is 10.9 Å². The second-order valence-electron chi connectivity index (χ2n) is 6.41. The van der Waals surface area contributed by atoms with Gasteiger partial charge in [-0.25, -0.2) is 0 Å². The summed E-state index contributed by atoms with van der Waals surface area (Å²) in [7, 11) is 0. The van der Waals surface area contributed by atoms with E-state index < -0.39 is 5.91 Å². The zero-order valence-corrected chi connectivity index (χ0v) is 15.2. The van der Waals surface area contributed by atoms with Gasteiger partial charge in [0.05, 0.1) is 0 Å². The minimum Gasteiger partial charge on any atom is -0.484 e. The molecule has 0 aliphatic carbocycles. The number of carbonyl (C=O) groups is 2. The molecule has 0 saturated carbocycles. The van der Waals surface area contributed by atoms with E-state index in [4.69, 9.17) is 4.74 Å². The van der Waals surface area contributed by atoms with Crippen molar-refractivity contribution in [1.82, 2.24) is 15.8 Å². The number of hydrogen-bond acceptors (Lipinski definition) is 3. The van der Waals surface area contributed by atoms with Crippen molar-refractivity contribution in [1.29, 1.82) is 0 Å². The molecule has 0 fully saturated rings. The van der Waals surface area contributed by atoms with Crippen LogP contribution in [0.5, 0.6) is 5.75 Å². The molecule has 0 spiro atoms. The average Bonchev–Trinajstić information content (AvgIpc) is 3.08. The Bertz CT molecular complexity index is 933. The molecule has 1 heterocycles. The second-order valence-corrected chi connectivity index (χ2v) is 6.41. The number of aromatic amines is 1. The Morgan fingerprint density at radius 3 is 2.70 bits per heavy atom. The van der Waals surface area contributed by atoms with E-state index in [0.717, 1.165) is 17.5 Å². The van der Waals surface area contributed by atoms with Crippen molar-refractivity contribution in [2.45, 2.75) is 26.2 Å². The molecule has 0 radical (unpaired) electrons. The lowest BCUT2D eigenvalue weighted by atomic mass is 10.1. The highest BCUT2D eigenvalue weighted by atomic mass is 16.5. The van der Waals surface area contributed by atoms with Gasteiger partial charge in [0, 0.05) is 23.5 Å². The van der Waals surface area contributed by atoms with Gasteiger partial charge in [0.15, 0.2) is 6.61 Å². The number of hydrogen-bond donors (Lipinski definition) is 3. The van der Waals surface area contributed by atoms with Crippen molar-refractivity contribution >= 4 is 22.7 Å². The van der Waals surface area contributed by atoms with Gasteiger partial charge < -0.3 is 9.72 Å². The van der Waals surface area contributed by atoms with Gasteiger partial charge >= 0.3 is 0 Å². The summed E-state index contributed by atoms with van der Waals surface area (Å²) in [6, 6.07) is 15.5. The summed E-state index contributed by atoms with van der Waals surface area (Å²) in [5.41, 5.74) is 8.13. The van der Waals surface area contributed by atoms with Gasteiger partial charge in [-0.15, -0.1) is 0 Å². The van der Waals surface area contributed by atoms with Gasteiger partial charge in [-0.1, -0.05) is 30.3 Å². The van der Waals surface area contributed by atoms with Crippen LogP contribution in [0.1, 0.15) is 24.0 Å². The molecule has 0 unspecified atom stereocenters. The lowest BCUT2D eigenvalue weighted by Crippen LogP contribution is -2.43. The minimum absolute atomic E-state index is 0.154. The van der Waals surface area contributed by atoms with E-state index in [2.05, 4.69) is 21.9 Å². The van der Waals surface area contributed by atoms with Crippen molar-refractivity contribution in [3.63, 3.8) is 0 Å². The maximum atomic E-state index is 11.9. The fourth-order valence-electron chi connectivity index (χ4n) is 2.87. The van der Waals surface area contributed by atoms with E-state index in [1.807, 2.05) is 49.5 Å². The predicted molar refractivity (Wildman–Crippen MR) is 104 cm³/mol. The molecule has 0 aliphatic heterocycles. The lowest BCUT2D eigenvalue weighted by Gasteiger charge is -2.09. The molecule has 140 valence electrons. The van der Waals surface area contributed by atoms with Crippen LogP contribution >= 0.6 is 0 Å². The normalized spacial score (nSPS) is 10.6. The van der Waals surface area contributed by atoms with Crippen LogP contribution in [-0.2, 0) is 16.0 Å². The first kappa shape index (κ1) is 18.5. The van der Waals surface area contributed by atoms with Gasteiger partial charge in [-0.3, -0.25) is 20.4 Å². The number of H-pyrrole nitrogens is 1. The highest BCUT2D eigenvalue weighted by Crippen LogP contribution is 2.19. The van der Waals surface area contributed by atoms with Crippen molar-refractivity contribution in [3.8, 4) is 5.75 Å². The van der Waals surface area contributed by atoms with Crippen LogP contribution in [0, 0.1) is 6.92 Å². The molecular formula is C21H23N3O3. The van der Waals surface area contributed by atoms with Crippen LogP contribution in [0.4, 0.5) is 0 Å². The molecule has 27 heavy (non-hydrogen) atoms. The zero-order valence-electron chi connectivity index (χ0n) is 15.2. The number of aryl methyl sites for hydroxylation is 2. The van der Waals surface area contributed by atoms with E-state index in [0.29, 0.717) is 18.6 Å². The zero-order chi connectivity index (χ0) is 19.1. The van der Waals surface area contributed by atoms with Gasteiger partial charge in [0.25, 0.3) is 5.91 Å². The first-order valence-corrected chi connectivity index (χ1v) is 8.94. The molecule has 0 aliphatic rings. The van der Waals surface area contributed by atoms with Gasteiger partial charge in [0.1, 0.15) is 5.75 Å². The number of ether oxygens (including phenoxy) is 1. The Kier molecular flexibility index (Phi) is 6.10. The topological polar surface area (TPSA) is 83.2 Å². The second kappa shape index (κ2) is 8.89. The van der Waals surface area contributed by atoms with E-state index >= 15 is 0 Å². The number of hydrazine groups is 1. The molecular weight excluding hydrogens is 342 g/mol. The van der Waals surface area contributed by atoms with Gasteiger partial charge in [0.2, 0.25) is 5.91 Å². The maximum absolute atomic E-state index is 11.9. The Hall–Kier alpha value is -3.28. The fraction of sp³-hybridized carbons (Fsp3) is 0.238. The monoisotopic (exact) mass is 365 g/mol. The number of amides is 2. The van der Waals surface area contributed by atoms with E-state index in [9.17, 15) is 9.59 Å². The van der Waals surface area contributed by atoms with Gasteiger partial charge in [-0.2, -0.15) is 0 Å². The number of fused-ring (bicyclic) bond motifs is 1. The minimum atomic E-state index is -0.401. The molecule has 2 amide bonds. The van der Waals surface area contributed by atoms with Crippen molar-refractivity contribution in [3.05, 3.63) is 65.9 Å². The molecule has 3 aromatic rings. The summed E-state index contributed by atoms with van der Waals surface area (Å²) in [4.78, 5) is 26.9. The van der Waals surface area contributed by atoms with Crippen molar-refractivity contribution in [2.24, 2.45) is 0 Å². The van der Waals surface area contributed by atoms with Gasteiger partial charge in [-0.05, 0) is 49.1 Å². The predicted octanol–water partition coefficient (Wildman–Crippen LogP) is 3.03. The first-order chi connectivity index (χ1) is 13.1. The standard InChI is InChI=1S/C21H23N3O3/c1-15-6-4-8-17(12-15)27-14-21(26)24-23-20(25)11-5-7-16-13-22-19-10-3-2-9-18(16)19/h2-4,6,8-10,12-13,22H,5,7,11,14H2,1H3,(H,23,25)(H,24,26). The van der Waals surface area contributed by atoms with Crippen LogP contribution in [0.15, 0.2) is 54.7 Å². The van der Waals surface area contributed by atoms with Crippen LogP contribution in [-0.4, -0.2) is 23.4 Å². The first-order valence-electron chi connectivity index (χ1n) is 8.94. The quantitative estimate of drug-likeness (QED) is 0.563. The summed E-state index contributed by atoms with van der Waals surface area (Å²) in [6.07, 6.45) is 3.80. The molecule has 0 saturated heterocycles. The SMILES string of the molecule is Cc1cccc(OCC(=O)NNC(=O)CCCc2c[nH]c3ccccc23)c1. The van der Waals surface area contributed by atoms with E-state index in [1.165, 1.54) is 10.9 Å². The third kappa shape index (κ3) is 5.34. The summed E-state index contributed by atoms with van der Waals surface area (Å²) in [5.74, 6) is -0.00422. The average molecular weight is 365 g/mol. The largest absolute Gasteiger partial charge is 0.484 e. The number of nitrogens with one attached hydrogen (secondary N) is 3. The highest BCUT2D eigenvalue weighted by molar-refractivity contribution is 5.84. The number of para-hydroxylation sites is 1. The summed E-state index contributed by atoms with van der Waals surface area (Å²) >= 11 is 0. The number of aromatic nitrogens is 1. The summed E-state index contributed by atoms with van der Waals surface area (Å²) < 4.78 is 5.39. The van der Waals surface area contributed by atoms with Crippen LogP contribution in [0.2, 0.25) is 0 Å². The molecule has 6 heteroatoms. The Morgan fingerprint density at radius 2 is 1.85 bits per heavy atom. The maximum Gasteiger partial charge on any atom is 0.276 e. The van der Waals surface area contributed by atoms with E-state index in [-0.39, 0.29) is 12.5 Å². The smallest absolute Gasteiger partial charge is 0.276 e. The fourth-order valence-corrected chi connectivity index (χ4v) is 2.87. The Labute approximate surface area is 157 Å². The Morgan fingerprint density at radius 1 is 1.04 bits per heavy atom. The number of rotatable bonds is 7. The number of carbonyl (C=O) groups excluding carboxylic acids is 2. The molecule has 6 nitrogen and oxygen atoms in total. The van der Waals surface area contributed by atoms with E-state index in [1.54, 1.807) is 6.07 Å². The van der Waals surface area contributed by atoms with Crippen LogP contribution < -0.4 is 15.6 Å². The van der Waals surface area contributed by atoms with Crippen LogP contribution in [0.3, 0.4) is 0 Å². The Balaban J connectivity index is 1.35. The third-order valence-corrected chi connectivity index (χ3v) is 4.23. The highest BCUT2D eigenvalue weighted by Gasteiger charge is 2.07. The lowest BCUT2D eigenvalue weighted by molar-refractivity contribution is -0.130. The molecule has 3 rings (SSSR count). The molecule has 3 N–H and O–H groups in total. The molecule has 0 atom stereocenters. The molecule has 2 aromatic carbocycles. The molecule has 0 bridgehead atoms. The van der Waals surface area contributed by atoms with Crippen molar-refractivity contribution < 1.29 is 14.3 Å².